The third-order valence-electron chi connectivity index (χ3n) is 5.63. The Morgan fingerprint density at radius 2 is 1.67 bits per heavy atom. The Bertz CT molecular complexity index is 445. The quantitative estimate of drug-likeness (QED) is 0.751. The van der Waals surface area contributed by atoms with Gasteiger partial charge in [-0.15, -0.1) is 0 Å². The number of morpholine rings is 1. The number of nitrogens with zero attached hydrogens (tertiary/aromatic N) is 3. The Morgan fingerprint density at radius 1 is 0.958 bits per heavy atom. The Morgan fingerprint density at radius 3 is 2.33 bits per heavy atom. The fourth-order valence-electron chi connectivity index (χ4n) is 4.19. The zero-order valence-electron chi connectivity index (χ0n) is 14.5. The van der Waals surface area contributed by atoms with Gasteiger partial charge in [-0.2, -0.15) is 0 Å². The van der Waals surface area contributed by atoms with Crippen molar-refractivity contribution in [2.45, 2.75) is 31.7 Å². The number of likely N-dealkylation sites (tertiary alicyclic amines) is 2. The van der Waals surface area contributed by atoms with Gasteiger partial charge < -0.3 is 20.3 Å². The summed E-state index contributed by atoms with van der Waals surface area (Å²) >= 11 is 0. The highest BCUT2D eigenvalue weighted by molar-refractivity contribution is 5.79. The minimum absolute atomic E-state index is 0.0486. The van der Waals surface area contributed by atoms with Gasteiger partial charge in [-0.3, -0.25) is 14.5 Å². The van der Waals surface area contributed by atoms with Crippen molar-refractivity contribution in [3.63, 3.8) is 0 Å². The van der Waals surface area contributed by atoms with Gasteiger partial charge in [-0.1, -0.05) is 0 Å². The summed E-state index contributed by atoms with van der Waals surface area (Å²) < 4.78 is 5.35. The zero-order valence-corrected chi connectivity index (χ0v) is 14.5. The lowest BCUT2D eigenvalue weighted by atomic mass is 9.92. The van der Waals surface area contributed by atoms with Gasteiger partial charge in [0.1, 0.15) is 0 Å². The molecular formula is C17H30N4O3. The van der Waals surface area contributed by atoms with Crippen LogP contribution in [0.1, 0.15) is 25.7 Å². The van der Waals surface area contributed by atoms with Crippen molar-refractivity contribution in [2.24, 2.45) is 11.7 Å². The van der Waals surface area contributed by atoms with Crippen molar-refractivity contribution in [3.05, 3.63) is 0 Å². The highest BCUT2D eigenvalue weighted by atomic mass is 16.5. The van der Waals surface area contributed by atoms with E-state index in [-0.39, 0.29) is 18.4 Å². The molecule has 3 aliphatic heterocycles. The Kier molecular flexibility index (Phi) is 6.08. The van der Waals surface area contributed by atoms with Crippen LogP contribution in [-0.4, -0.2) is 91.6 Å². The molecule has 0 aromatic heterocycles. The highest BCUT2D eigenvalue weighted by Gasteiger charge is 2.34. The first kappa shape index (κ1) is 17.6. The molecule has 0 spiro atoms. The maximum atomic E-state index is 12.7. The van der Waals surface area contributed by atoms with Crippen LogP contribution in [0.2, 0.25) is 0 Å². The third-order valence-corrected chi connectivity index (χ3v) is 5.63. The summed E-state index contributed by atoms with van der Waals surface area (Å²) in [6, 6.07) is 0.493. The summed E-state index contributed by atoms with van der Waals surface area (Å²) in [5.74, 6) is 0.478. The molecule has 1 unspecified atom stereocenters. The number of amides is 2. The van der Waals surface area contributed by atoms with Crippen molar-refractivity contribution >= 4 is 11.8 Å². The number of carbonyl (C=O) groups is 2. The van der Waals surface area contributed by atoms with Gasteiger partial charge in [-0.05, 0) is 32.2 Å². The topological polar surface area (TPSA) is 79.1 Å². The lowest BCUT2D eigenvalue weighted by molar-refractivity contribution is -0.142. The van der Waals surface area contributed by atoms with E-state index in [1.807, 2.05) is 9.80 Å². The van der Waals surface area contributed by atoms with Gasteiger partial charge in [0.05, 0.1) is 25.7 Å². The summed E-state index contributed by atoms with van der Waals surface area (Å²) in [5, 5.41) is 0. The molecule has 3 fully saturated rings. The molecule has 7 nitrogen and oxygen atoms in total. The molecule has 24 heavy (non-hydrogen) atoms. The van der Waals surface area contributed by atoms with E-state index in [4.69, 9.17) is 10.5 Å². The Balaban J connectivity index is 1.50. The van der Waals surface area contributed by atoms with Crippen molar-refractivity contribution in [1.29, 1.82) is 0 Å². The van der Waals surface area contributed by atoms with Crippen LogP contribution in [0.4, 0.5) is 0 Å². The molecule has 3 rings (SSSR count). The van der Waals surface area contributed by atoms with E-state index in [1.54, 1.807) is 0 Å². The van der Waals surface area contributed by atoms with Gasteiger partial charge in [-0.25, -0.2) is 0 Å². The highest BCUT2D eigenvalue weighted by Crippen LogP contribution is 2.25. The number of carbonyl (C=O) groups excluding carboxylic acids is 2. The summed E-state index contributed by atoms with van der Waals surface area (Å²) in [7, 11) is 0. The van der Waals surface area contributed by atoms with E-state index >= 15 is 0 Å². The molecule has 3 saturated heterocycles. The molecule has 1 atom stereocenters. The molecule has 0 saturated carbocycles. The minimum atomic E-state index is 0.0486. The summed E-state index contributed by atoms with van der Waals surface area (Å²) in [6.45, 7) is 6.41. The number of ether oxygens (including phenoxy) is 1. The van der Waals surface area contributed by atoms with Crippen LogP contribution in [0.15, 0.2) is 0 Å². The molecule has 7 heteroatoms. The molecule has 3 aliphatic rings. The molecule has 0 aromatic rings. The van der Waals surface area contributed by atoms with E-state index in [9.17, 15) is 9.59 Å². The van der Waals surface area contributed by atoms with Crippen molar-refractivity contribution in [1.82, 2.24) is 14.7 Å². The van der Waals surface area contributed by atoms with Crippen molar-refractivity contribution < 1.29 is 14.3 Å². The first-order chi connectivity index (χ1) is 11.7. The molecule has 3 heterocycles. The zero-order chi connectivity index (χ0) is 16.9. The first-order valence-electron chi connectivity index (χ1n) is 9.27. The first-order valence-corrected chi connectivity index (χ1v) is 9.27. The number of rotatable bonds is 3. The standard InChI is InChI=1S/C17H30N4O3/c18-12-16(22)19-6-3-15(4-7-19)21-5-1-2-14(13-21)17(23)20-8-10-24-11-9-20/h14-15H,1-13,18H2. The van der Waals surface area contributed by atoms with Crippen LogP contribution in [0.3, 0.4) is 0 Å². The summed E-state index contributed by atoms with van der Waals surface area (Å²) in [4.78, 5) is 30.8. The Labute approximate surface area is 144 Å². The van der Waals surface area contributed by atoms with Gasteiger partial charge in [0.2, 0.25) is 11.8 Å². The van der Waals surface area contributed by atoms with Gasteiger partial charge >= 0.3 is 0 Å². The second-order valence-corrected chi connectivity index (χ2v) is 7.09. The molecule has 0 aliphatic carbocycles. The predicted molar refractivity (Wildman–Crippen MR) is 90.4 cm³/mol. The monoisotopic (exact) mass is 338 g/mol. The van der Waals surface area contributed by atoms with E-state index in [0.717, 1.165) is 65.0 Å². The lowest BCUT2D eigenvalue weighted by Gasteiger charge is -2.43. The van der Waals surface area contributed by atoms with Crippen LogP contribution in [-0.2, 0) is 14.3 Å². The molecule has 2 N–H and O–H groups in total. The average molecular weight is 338 g/mol. The van der Waals surface area contributed by atoms with Gasteiger partial charge in [0, 0.05) is 38.8 Å². The SMILES string of the molecule is NCC(=O)N1CCC(N2CCCC(C(=O)N3CCOCC3)C2)CC1. The van der Waals surface area contributed by atoms with Crippen LogP contribution in [0.5, 0.6) is 0 Å². The predicted octanol–water partition coefficient (Wildman–Crippen LogP) is -0.493. The number of piperidine rings is 2. The minimum Gasteiger partial charge on any atom is -0.378 e. The van der Waals surface area contributed by atoms with Gasteiger partial charge in [0.25, 0.3) is 0 Å². The van der Waals surface area contributed by atoms with Crippen LogP contribution < -0.4 is 5.73 Å². The van der Waals surface area contributed by atoms with E-state index in [0.29, 0.717) is 25.2 Å². The van der Waals surface area contributed by atoms with Crippen LogP contribution >= 0.6 is 0 Å². The molecule has 2 amide bonds. The normalized spacial score (nSPS) is 27.3. The molecule has 0 radical (unpaired) electrons. The van der Waals surface area contributed by atoms with Crippen LogP contribution in [0.25, 0.3) is 0 Å². The summed E-state index contributed by atoms with van der Waals surface area (Å²) in [6.07, 6.45) is 4.06. The fraction of sp³-hybridized carbons (Fsp3) is 0.882. The van der Waals surface area contributed by atoms with Crippen LogP contribution in [0, 0.1) is 5.92 Å². The van der Waals surface area contributed by atoms with Crippen molar-refractivity contribution in [2.75, 3.05) is 59.0 Å². The largest absolute Gasteiger partial charge is 0.378 e. The second-order valence-electron chi connectivity index (χ2n) is 7.09. The number of hydrogen-bond acceptors (Lipinski definition) is 5. The third kappa shape index (κ3) is 4.07. The second kappa shape index (κ2) is 8.27. The molecule has 136 valence electrons. The van der Waals surface area contributed by atoms with E-state index in [2.05, 4.69) is 4.90 Å². The number of nitrogens with two attached hydrogens (primary N) is 1. The lowest BCUT2D eigenvalue weighted by Crippen LogP contribution is -2.53. The average Bonchev–Trinajstić information content (AvgIpc) is 2.67. The molecule has 0 bridgehead atoms. The van der Waals surface area contributed by atoms with Gasteiger partial charge in [0.15, 0.2) is 0 Å². The number of hydrogen-bond donors (Lipinski definition) is 1. The maximum Gasteiger partial charge on any atom is 0.236 e. The molecule has 0 aromatic carbocycles. The Hall–Kier alpha value is -1.18. The summed E-state index contributed by atoms with van der Waals surface area (Å²) in [5.41, 5.74) is 5.45. The van der Waals surface area contributed by atoms with E-state index in [1.165, 1.54) is 0 Å². The smallest absolute Gasteiger partial charge is 0.236 e. The van der Waals surface area contributed by atoms with Crippen molar-refractivity contribution in [3.8, 4) is 0 Å². The molecular weight excluding hydrogens is 308 g/mol. The fourth-order valence-corrected chi connectivity index (χ4v) is 4.19. The maximum absolute atomic E-state index is 12.7. The van der Waals surface area contributed by atoms with E-state index < -0.39 is 0 Å².